The molecule has 3 heteroatoms. The number of hydrogen-bond acceptors (Lipinski definition) is 2. The minimum Gasteiger partial charge on any atom is -0.388 e. The molecule has 0 aliphatic carbocycles. The number of piperidine rings is 1. The van der Waals surface area contributed by atoms with Crippen LogP contribution in [0.25, 0.3) is 0 Å². The van der Waals surface area contributed by atoms with Gasteiger partial charge < -0.3 is 10.6 Å². The molecule has 0 bridgehead atoms. The van der Waals surface area contributed by atoms with Crippen molar-refractivity contribution in [3.05, 3.63) is 0 Å². The first-order valence-electron chi connectivity index (χ1n) is 6.15. The molecule has 0 spiro atoms. The molecule has 0 radical (unpaired) electrons. The van der Waals surface area contributed by atoms with Crippen molar-refractivity contribution in [3.8, 4) is 0 Å². The number of unbranched alkanes of at least 4 members (excludes halogenated alkanes) is 1. The molecule has 2 atom stereocenters. The van der Waals surface area contributed by atoms with Crippen LogP contribution in [0.2, 0.25) is 0 Å². The highest BCUT2D eigenvalue weighted by molar-refractivity contribution is 5.76. The Bertz CT molecular complexity index is 203. The van der Waals surface area contributed by atoms with Crippen LogP contribution < -0.4 is 5.73 Å². The van der Waals surface area contributed by atoms with Crippen molar-refractivity contribution >= 4 is 5.84 Å². The Labute approximate surface area is 93.5 Å². The number of rotatable bonds is 5. The number of nitrogens with one attached hydrogen (secondary N) is 1. The second kappa shape index (κ2) is 6.11. The maximum Gasteiger partial charge on any atom is 0.0905 e. The first-order valence-corrected chi connectivity index (χ1v) is 6.15. The van der Waals surface area contributed by atoms with Crippen LogP contribution in [-0.4, -0.2) is 30.4 Å². The molecule has 3 N–H and O–H groups in total. The fraction of sp³-hybridized carbons (Fsp3) is 0.917. The molecule has 1 fully saturated rings. The summed E-state index contributed by atoms with van der Waals surface area (Å²) in [5, 5.41) is 7.14. The monoisotopic (exact) mass is 211 g/mol. The standard InChI is InChI=1S/C12H25N3/c1-10-6-8-15(9-11(10)2)7-4-3-5-12(13)14/h10-11H,3-9H2,1-2H3,(H3,13,14). The summed E-state index contributed by atoms with van der Waals surface area (Å²) in [6.45, 7) is 8.40. The highest BCUT2D eigenvalue weighted by Gasteiger charge is 2.21. The van der Waals surface area contributed by atoms with E-state index in [9.17, 15) is 0 Å². The van der Waals surface area contributed by atoms with Gasteiger partial charge in [-0.15, -0.1) is 0 Å². The molecule has 0 aromatic rings. The third-order valence-electron chi connectivity index (χ3n) is 3.59. The zero-order chi connectivity index (χ0) is 11.3. The van der Waals surface area contributed by atoms with Gasteiger partial charge in [-0.2, -0.15) is 0 Å². The van der Waals surface area contributed by atoms with Gasteiger partial charge in [-0.05, 0) is 44.2 Å². The van der Waals surface area contributed by atoms with Gasteiger partial charge in [-0.25, -0.2) is 0 Å². The van der Waals surface area contributed by atoms with Crippen molar-refractivity contribution in [2.24, 2.45) is 17.6 Å². The Balaban J connectivity index is 2.09. The maximum absolute atomic E-state index is 7.14. The Morgan fingerprint density at radius 3 is 2.67 bits per heavy atom. The van der Waals surface area contributed by atoms with Crippen molar-refractivity contribution in [2.75, 3.05) is 19.6 Å². The third kappa shape index (κ3) is 4.65. The Hall–Kier alpha value is -0.570. The number of nitrogens with zero attached hydrogens (tertiary/aromatic N) is 1. The predicted molar refractivity (Wildman–Crippen MR) is 65.2 cm³/mol. The number of nitrogens with two attached hydrogens (primary N) is 1. The molecule has 0 aromatic heterocycles. The van der Waals surface area contributed by atoms with Gasteiger partial charge in [-0.3, -0.25) is 5.41 Å². The minimum atomic E-state index is 0.329. The normalized spacial score (nSPS) is 27.9. The second-order valence-electron chi connectivity index (χ2n) is 5.03. The second-order valence-corrected chi connectivity index (χ2v) is 5.03. The molecule has 88 valence electrons. The number of hydrogen-bond donors (Lipinski definition) is 2. The highest BCUT2D eigenvalue weighted by Crippen LogP contribution is 2.22. The quantitative estimate of drug-likeness (QED) is 0.415. The van der Waals surface area contributed by atoms with Crippen LogP contribution in [0.1, 0.15) is 39.5 Å². The molecule has 0 amide bonds. The summed E-state index contributed by atoms with van der Waals surface area (Å²) in [5.41, 5.74) is 5.32. The fourth-order valence-electron chi connectivity index (χ4n) is 2.20. The summed E-state index contributed by atoms with van der Waals surface area (Å²) in [6, 6.07) is 0. The third-order valence-corrected chi connectivity index (χ3v) is 3.59. The number of amidine groups is 1. The molecule has 1 heterocycles. The van der Waals surface area contributed by atoms with E-state index in [-0.39, 0.29) is 0 Å². The van der Waals surface area contributed by atoms with E-state index in [1.807, 2.05) is 0 Å². The van der Waals surface area contributed by atoms with Crippen molar-refractivity contribution in [3.63, 3.8) is 0 Å². The zero-order valence-corrected chi connectivity index (χ0v) is 10.1. The zero-order valence-electron chi connectivity index (χ0n) is 10.1. The summed E-state index contributed by atoms with van der Waals surface area (Å²) < 4.78 is 0. The molecule has 0 saturated carbocycles. The van der Waals surface area contributed by atoms with Crippen molar-refractivity contribution < 1.29 is 0 Å². The van der Waals surface area contributed by atoms with Gasteiger partial charge in [-0.1, -0.05) is 13.8 Å². The molecular formula is C12H25N3. The maximum atomic E-state index is 7.14. The fourth-order valence-corrected chi connectivity index (χ4v) is 2.20. The highest BCUT2D eigenvalue weighted by atomic mass is 15.1. The van der Waals surface area contributed by atoms with E-state index in [0.29, 0.717) is 5.84 Å². The Kier molecular flexibility index (Phi) is 5.09. The van der Waals surface area contributed by atoms with Crippen LogP contribution >= 0.6 is 0 Å². The summed E-state index contributed by atoms with van der Waals surface area (Å²) in [4.78, 5) is 2.56. The molecular weight excluding hydrogens is 186 g/mol. The van der Waals surface area contributed by atoms with Crippen LogP contribution in [-0.2, 0) is 0 Å². The smallest absolute Gasteiger partial charge is 0.0905 e. The van der Waals surface area contributed by atoms with E-state index in [2.05, 4.69) is 18.7 Å². The lowest BCUT2D eigenvalue weighted by Crippen LogP contribution is -2.38. The van der Waals surface area contributed by atoms with Crippen LogP contribution in [0.15, 0.2) is 0 Å². The number of likely N-dealkylation sites (tertiary alicyclic amines) is 1. The van der Waals surface area contributed by atoms with E-state index >= 15 is 0 Å². The van der Waals surface area contributed by atoms with E-state index in [0.717, 1.165) is 24.7 Å². The Morgan fingerprint density at radius 1 is 1.33 bits per heavy atom. The van der Waals surface area contributed by atoms with Gasteiger partial charge in [0.1, 0.15) is 0 Å². The summed E-state index contributed by atoms with van der Waals surface area (Å²) in [6.07, 6.45) is 4.35. The SMILES string of the molecule is CC1CCN(CCCCC(=N)N)CC1C. The Morgan fingerprint density at radius 2 is 2.07 bits per heavy atom. The van der Waals surface area contributed by atoms with Gasteiger partial charge in [0.05, 0.1) is 5.84 Å². The van der Waals surface area contributed by atoms with Crippen LogP contribution in [0.4, 0.5) is 0 Å². The van der Waals surface area contributed by atoms with E-state index in [1.54, 1.807) is 0 Å². The van der Waals surface area contributed by atoms with Gasteiger partial charge in [0.2, 0.25) is 0 Å². The molecule has 3 nitrogen and oxygen atoms in total. The molecule has 1 saturated heterocycles. The van der Waals surface area contributed by atoms with Crippen molar-refractivity contribution in [2.45, 2.75) is 39.5 Å². The van der Waals surface area contributed by atoms with Gasteiger partial charge in [0, 0.05) is 13.0 Å². The average molecular weight is 211 g/mol. The lowest BCUT2D eigenvalue weighted by molar-refractivity contribution is 0.137. The van der Waals surface area contributed by atoms with Crippen LogP contribution in [0.5, 0.6) is 0 Å². The largest absolute Gasteiger partial charge is 0.388 e. The first-order chi connectivity index (χ1) is 7.09. The first kappa shape index (κ1) is 12.5. The van der Waals surface area contributed by atoms with Gasteiger partial charge >= 0.3 is 0 Å². The average Bonchev–Trinajstić information content (AvgIpc) is 2.18. The van der Waals surface area contributed by atoms with Crippen LogP contribution in [0.3, 0.4) is 0 Å². The summed E-state index contributed by atoms with van der Waals surface area (Å²) in [5.74, 6) is 2.06. The van der Waals surface area contributed by atoms with Crippen molar-refractivity contribution in [1.82, 2.24) is 4.90 Å². The van der Waals surface area contributed by atoms with Gasteiger partial charge in [0.25, 0.3) is 0 Å². The molecule has 1 rings (SSSR count). The lowest BCUT2D eigenvalue weighted by atomic mass is 9.88. The van der Waals surface area contributed by atoms with E-state index in [4.69, 9.17) is 11.1 Å². The summed E-state index contributed by atoms with van der Waals surface area (Å²) in [7, 11) is 0. The molecule has 15 heavy (non-hydrogen) atoms. The molecule has 0 aromatic carbocycles. The topological polar surface area (TPSA) is 53.1 Å². The molecule has 1 aliphatic rings. The van der Waals surface area contributed by atoms with E-state index in [1.165, 1.54) is 32.5 Å². The minimum absolute atomic E-state index is 0.329. The van der Waals surface area contributed by atoms with Crippen molar-refractivity contribution in [1.29, 1.82) is 5.41 Å². The molecule has 2 unspecified atom stereocenters. The summed E-state index contributed by atoms with van der Waals surface area (Å²) >= 11 is 0. The van der Waals surface area contributed by atoms with Crippen LogP contribution in [0, 0.1) is 17.2 Å². The van der Waals surface area contributed by atoms with Gasteiger partial charge in [0.15, 0.2) is 0 Å². The predicted octanol–water partition coefficient (Wildman–Crippen LogP) is 2.07. The lowest BCUT2D eigenvalue weighted by Gasteiger charge is -2.35. The van der Waals surface area contributed by atoms with E-state index < -0.39 is 0 Å². The molecule has 1 aliphatic heterocycles.